The van der Waals surface area contributed by atoms with Crippen molar-refractivity contribution in [2.75, 3.05) is 0 Å². The molecule has 0 amide bonds. The maximum absolute atomic E-state index is 13.4. The van der Waals surface area contributed by atoms with Crippen LogP contribution >= 0.6 is 0 Å². The van der Waals surface area contributed by atoms with Gasteiger partial charge in [-0.3, -0.25) is 0 Å². The minimum atomic E-state index is -4.24. The van der Waals surface area contributed by atoms with E-state index in [0.717, 1.165) is 33.5 Å². The van der Waals surface area contributed by atoms with Crippen molar-refractivity contribution in [3.8, 4) is 0 Å². The van der Waals surface area contributed by atoms with E-state index < -0.39 is 11.6 Å². The molecule has 0 unspecified atom stereocenters. The number of alkyl halides is 3. The van der Waals surface area contributed by atoms with Gasteiger partial charge in [-0.15, -0.1) is 0 Å². The van der Waals surface area contributed by atoms with Gasteiger partial charge >= 0.3 is 6.18 Å². The molecule has 0 fully saturated rings. The molecule has 1 aliphatic heterocycles. The predicted molar refractivity (Wildman–Crippen MR) is 126 cm³/mol. The number of rotatable bonds is 3. The number of aryl methyl sites for hydroxylation is 2. The van der Waals surface area contributed by atoms with Gasteiger partial charge in [-0.2, -0.15) is 13.2 Å². The van der Waals surface area contributed by atoms with Crippen molar-refractivity contribution in [2.24, 2.45) is 5.41 Å². The van der Waals surface area contributed by atoms with Gasteiger partial charge in [-0.05, 0) is 59.4 Å². The lowest BCUT2D eigenvalue weighted by Crippen LogP contribution is -2.34. The van der Waals surface area contributed by atoms with Gasteiger partial charge in [0.05, 0.1) is 12.1 Å². The van der Waals surface area contributed by atoms with Gasteiger partial charge < -0.3 is 0 Å². The van der Waals surface area contributed by atoms with Gasteiger partial charge in [0.25, 0.3) is 0 Å². The van der Waals surface area contributed by atoms with E-state index in [1.54, 1.807) is 0 Å². The van der Waals surface area contributed by atoms with E-state index in [0.29, 0.717) is 5.56 Å². The first kappa shape index (κ1) is 22.2. The predicted octanol–water partition coefficient (Wildman–Crippen LogP) is 7.52. The molecule has 4 heteroatoms. The van der Waals surface area contributed by atoms with Crippen LogP contribution in [0.2, 0.25) is 0 Å². The molecular formula is C28H28F3N. The quantitative estimate of drug-likeness (QED) is 0.296. The molecule has 0 aromatic heterocycles. The molecule has 0 N–H and O–H groups in total. The number of hydrogen-bond acceptors (Lipinski definition) is 0. The Morgan fingerprint density at radius 3 is 2.34 bits per heavy atom. The van der Waals surface area contributed by atoms with Crippen LogP contribution in [0, 0.1) is 32.2 Å². The average molecular weight is 436 g/mol. The second kappa shape index (κ2) is 7.54. The van der Waals surface area contributed by atoms with Crippen LogP contribution in [-0.4, -0.2) is 17.5 Å². The number of benzene rings is 3. The minimum absolute atomic E-state index is 0.0504. The van der Waals surface area contributed by atoms with Gasteiger partial charge in [0.15, 0.2) is 6.04 Å². The van der Waals surface area contributed by atoms with Crippen molar-refractivity contribution in [3.63, 3.8) is 0 Å². The lowest BCUT2D eigenvalue weighted by molar-refractivity contribution is -0.418. The zero-order chi connectivity index (χ0) is 23.4. The summed E-state index contributed by atoms with van der Waals surface area (Å²) in [6.45, 7) is 13.1. The average Bonchev–Trinajstić information content (AvgIpc) is 2.69. The molecular weight excluding hydrogens is 407 g/mol. The number of fused-ring (bicyclic) bond motifs is 3. The Morgan fingerprint density at radius 2 is 1.66 bits per heavy atom. The standard InChI is InChI=1S/C28H28F3N/c1-17-13-18(2)19(3)25(14-17)26-24-10-8-21-15-20(16-27(4,5)28(29,30)31)7-9-22(21)23(24)11-12-32(26)6/h7-15H,6,16H2,1-5H3. The third kappa shape index (κ3) is 3.72. The lowest BCUT2D eigenvalue weighted by Gasteiger charge is -2.29. The fourth-order valence-corrected chi connectivity index (χ4v) is 4.49. The van der Waals surface area contributed by atoms with Gasteiger partial charge in [-0.1, -0.05) is 79.9 Å². The van der Waals surface area contributed by atoms with Crippen LogP contribution in [-0.2, 0) is 6.42 Å². The van der Waals surface area contributed by atoms with Crippen LogP contribution in [0.5, 0.6) is 0 Å². The third-order valence-corrected chi connectivity index (χ3v) is 6.57. The van der Waals surface area contributed by atoms with Crippen LogP contribution in [0.4, 0.5) is 13.2 Å². The second-order valence-corrected chi connectivity index (χ2v) is 9.53. The molecule has 1 heterocycles. The van der Waals surface area contributed by atoms with Gasteiger partial charge in [0.2, 0.25) is 0 Å². The summed E-state index contributed by atoms with van der Waals surface area (Å²) in [7, 11) is 0. The molecule has 0 radical (unpaired) electrons. The maximum Gasteiger partial charge on any atom is 0.394 e. The van der Waals surface area contributed by atoms with Crippen LogP contribution in [0.15, 0.2) is 48.7 Å². The van der Waals surface area contributed by atoms with E-state index in [2.05, 4.69) is 45.7 Å². The van der Waals surface area contributed by atoms with E-state index in [4.69, 9.17) is 0 Å². The summed E-state index contributed by atoms with van der Waals surface area (Å²) in [6, 6.07) is 15.1. The smallest absolute Gasteiger partial charge is 0.243 e. The van der Waals surface area contributed by atoms with Gasteiger partial charge in [0.1, 0.15) is 6.20 Å². The monoisotopic (exact) mass is 435 g/mol. The van der Waals surface area contributed by atoms with Crippen molar-refractivity contribution in [1.82, 2.24) is 0 Å². The van der Waals surface area contributed by atoms with Crippen LogP contribution in [0.25, 0.3) is 16.8 Å². The first-order valence-electron chi connectivity index (χ1n) is 10.7. The molecule has 3 aromatic carbocycles. The topological polar surface area (TPSA) is 3.01 Å². The molecule has 4 rings (SSSR count). The molecule has 1 nitrogen and oxygen atoms in total. The molecule has 1 aliphatic rings. The second-order valence-electron chi connectivity index (χ2n) is 9.53. The summed E-state index contributed by atoms with van der Waals surface area (Å²) in [5.74, 6) is 0. The van der Waals surface area contributed by atoms with Gasteiger partial charge in [0, 0.05) is 0 Å². The third-order valence-electron chi connectivity index (χ3n) is 6.57. The Morgan fingerprint density at radius 1 is 0.938 bits per heavy atom. The van der Waals surface area contributed by atoms with Crippen molar-refractivity contribution < 1.29 is 17.7 Å². The van der Waals surface area contributed by atoms with E-state index in [9.17, 15) is 13.2 Å². The summed E-state index contributed by atoms with van der Waals surface area (Å²) < 4.78 is 42.0. The highest BCUT2D eigenvalue weighted by molar-refractivity contribution is 5.93. The Balaban J connectivity index is 1.82. The first-order chi connectivity index (χ1) is 14.9. The Bertz CT molecular complexity index is 1260. The normalized spacial score (nSPS) is 14.2. The highest BCUT2D eigenvalue weighted by Crippen LogP contribution is 2.42. The number of hydrogen-bond donors (Lipinski definition) is 0. The van der Waals surface area contributed by atoms with E-state index >= 15 is 0 Å². The van der Waals surface area contributed by atoms with Crippen LogP contribution < -0.4 is 0 Å². The molecule has 0 spiro atoms. The highest BCUT2D eigenvalue weighted by atomic mass is 19.4. The lowest BCUT2D eigenvalue weighted by atomic mass is 9.83. The molecule has 32 heavy (non-hydrogen) atoms. The van der Waals surface area contributed by atoms with Gasteiger partial charge in [-0.25, -0.2) is 4.58 Å². The van der Waals surface area contributed by atoms with E-state index in [1.807, 2.05) is 41.1 Å². The van der Waals surface area contributed by atoms with E-state index in [1.165, 1.54) is 30.5 Å². The molecule has 0 bridgehead atoms. The molecule has 3 aromatic rings. The minimum Gasteiger partial charge on any atom is -0.243 e. The fraction of sp³-hybridized carbons (Fsp3) is 0.286. The zero-order valence-corrected chi connectivity index (χ0v) is 19.2. The first-order valence-corrected chi connectivity index (χ1v) is 10.7. The Hall–Kier alpha value is -3.01. The molecule has 0 atom stereocenters. The van der Waals surface area contributed by atoms with Crippen molar-refractivity contribution in [2.45, 2.75) is 47.2 Å². The Kier molecular flexibility index (Phi) is 5.23. The highest BCUT2D eigenvalue weighted by Gasteiger charge is 2.47. The largest absolute Gasteiger partial charge is 0.394 e. The SMILES string of the molecule is C=[N+]1C=Cc2c(ccc3cc(CC(C)(C)C(F)(F)F)ccc23)[C-]1c1cc(C)cc(C)c1C. The molecule has 166 valence electrons. The molecule has 0 saturated heterocycles. The van der Waals surface area contributed by atoms with Crippen LogP contribution in [0.3, 0.4) is 0 Å². The summed E-state index contributed by atoms with van der Waals surface area (Å²) in [4.78, 5) is 0. The van der Waals surface area contributed by atoms with Crippen molar-refractivity contribution >= 4 is 23.6 Å². The molecule has 0 aliphatic carbocycles. The number of nitrogens with zero attached hydrogens (tertiary/aromatic N) is 1. The maximum atomic E-state index is 13.4. The zero-order valence-electron chi connectivity index (χ0n) is 19.2. The van der Waals surface area contributed by atoms with E-state index in [-0.39, 0.29) is 6.42 Å². The summed E-state index contributed by atoms with van der Waals surface area (Å²) in [6.07, 6.45) is -0.308. The Labute approximate surface area is 187 Å². The summed E-state index contributed by atoms with van der Waals surface area (Å²) >= 11 is 0. The summed E-state index contributed by atoms with van der Waals surface area (Å²) in [5, 5.41) is 1.97. The van der Waals surface area contributed by atoms with Crippen molar-refractivity contribution in [1.29, 1.82) is 0 Å². The van der Waals surface area contributed by atoms with Crippen LogP contribution in [0.1, 0.15) is 52.8 Å². The summed E-state index contributed by atoms with van der Waals surface area (Å²) in [5.41, 5.74) is 5.84. The fourth-order valence-electron chi connectivity index (χ4n) is 4.49. The number of halogens is 3. The van der Waals surface area contributed by atoms with Crippen molar-refractivity contribution in [3.05, 3.63) is 93.7 Å². The molecule has 0 saturated carbocycles.